The van der Waals surface area contributed by atoms with E-state index in [9.17, 15) is 19.5 Å². The van der Waals surface area contributed by atoms with E-state index >= 15 is 0 Å². The fraction of sp³-hybridized carbons (Fsp3) is 0.296. The van der Waals surface area contributed by atoms with E-state index in [1.54, 1.807) is 38.8 Å². The third-order valence-electron chi connectivity index (χ3n) is 7.03. The van der Waals surface area contributed by atoms with E-state index in [2.05, 4.69) is 20.1 Å². The number of piperidine rings is 1. The maximum atomic E-state index is 13.2. The summed E-state index contributed by atoms with van der Waals surface area (Å²) in [5.74, 6) is 0.305. The molecule has 6 heterocycles. The molecule has 1 fully saturated rings. The van der Waals surface area contributed by atoms with Crippen molar-refractivity contribution in [1.29, 1.82) is 0 Å². The van der Waals surface area contributed by atoms with Crippen molar-refractivity contribution in [2.75, 3.05) is 13.1 Å². The molecule has 12 heteroatoms. The van der Waals surface area contributed by atoms with E-state index in [0.717, 1.165) is 5.56 Å². The predicted octanol–water partition coefficient (Wildman–Crippen LogP) is 1.82. The highest BCUT2D eigenvalue weighted by Crippen LogP contribution is 2.29. The Balaban J connectivity index is 1.44. The van der Waals surface area contributed by atoms with Crippen molar-refractivity contribution in [3.8, 4) is 17.1 Å². The molecule has 5 aromatic rings. The van der Waals surface area contributed by atoms with Crippen molar-refractivity contribution in [3.05, 3.63) is 76.0 Å². The van der Waals surface area contributed by atoms with Crippen molar-refractivity contribution in [3.63, 3.8) is 0 Å². The van der Waals surface area contributed by atoms with Crippen molar-refractivity contribution in [2.45, 2.75) is 38.3 Å². The Hall–Kier alpha value is -4.71. The highest BCUT2D eigenvalue weighted by atomic mass is 16.3. The molecule has 0 atom stereocenters. The minimum atomic E-state index is -1.47. The molecule has 0 bridgehead atoms. The minimum absolute atomic E-state index is 0.258. The van der Waals surface area contributed by atoms with Crippen LogP contribution in [0.3, 0.4) is 0 Å². The van der Waals surface area contributed by atoms with Gasteiger partial charge in [0.1, 0.15) is 11.1 Å². The van der Waals surface area contributed by atoms with Crippen LogP contribution in [0.25, 0.3) is 39.0 Å². The van der Waals surface area contributed by atoms with Gasteiger partial charge in [0.2, 0.25) is 0 Å². The lowest BCUT2D eigenvalue weighted by Crippen LogP contribution is -2.49. The molecule has 6 rings (SSSR count). The quantitative estimate of drug-likeness (QED) is 0.337. The van der Waals surface area contributed by atoms with Crippen molar-refractivity contribution in [2.24, 2.45) is 0 Å². The van der Waals surface area contributed by atoms with Gasteiger partial charge in [-0.15, -0.1) is 0 Å². The summed E-state index contributed by atoms with van der Waals surface area (Å²) in [6.07, 6.45) is 7.58. The Morgan fingerprint density at radius 3 is 2.54 bits per heavy atom. The minimum Gasteiger partial charge on any atom is -0.381 e. The molecule has 0 saturated carbocycles. The van der Waals surface area contributed by atoms with Gasteiger partial charge in [0.15, 0.2) is 5.82 Å². The molecule has 39 heavy (non-hydrogen) atoms. The van der Waals surface area contributed by atoms with Crippen LogP contribution < -0.4 is 11.2 Å². The highest BCUT2D eigenvalue weighted by molar-refractivity contribution is 6.01. The standard InChI is InChI=1S/C27H26N8O4/c1-27(2,39)25(37)33-12-8-17(9-13-33)35-23-18(24(36)32-26(35)38)15-28-20-6-5-19(31-22(20)23)16-4-7-21(29-14-16)34-11-3-10-30-34/h3-7,10-11,14-15,17,39H,8-9,12-13H2,1-2H3,(H,32,36,38). The molecule has 1 aliphatic heterocycles. The number of aliphatic hydroxyl groups is 1. The average Bonchev–Trinajstić information content (AvgIpc) is 3.47. The molecule has 1 saturated heterocycles. The summed E-state index contributed by atoms with van der Waals surface area (Å²) in [4.78, 5) is 56.3. The summed E-state index contributed by atoms with van der Waals surface area (Å²) in [5, 5.41) is 14.6. The number of hydrogen-bond donors (Lipinski definition) is 2. The van der Waals surface area contributed by atoms with Gasteiger partial charge >= 0.3 is 5.69 Å². The summed E-state index contributed by atoms with van der Waals surface area (Å²) in [6, 6.07) is 8.87. The molecule has 5 aromatic heterocycles. The molecule has 0 aliphatic carbocycles. The van der Waals surface area contributed by atoms with Crippen LogP contribution in [0.15, 0.2) is 64.7 Å². The maximum absolute atomic E-state index is 13.2. The first kappa shape index (κ1) is 24.6. The maximum Gasteiger partial charge on any atom is 0.329 e. The van der Waals surface area contributed by atoms with Gasteiger partial charge in [-0.2, -0.15) is 5.10 Å². The monoisotopic (exact) mass is 526 g/mol. The normalized spacial score (nSPS) is 14.8. The van der Waals surface area contributed by atoms with Crippen molar-refractivity contribution >= 4 is 27.8 Å². The highest BCUT2D eigenvalue weighted by Gasteiger charge is 2.33. The van der Waals surface area contributed by atoms with Gasteiger partial charge in [-0.25, -0.2) is 19.4 Å². The molecule has 12 nitrogen and oxygen atoms in total. The summed E-state index contributed by atoms with van der Waals surface area (Å²) >= 11 is 0. The average molecular weight is 527 g/mol. The summed E-state index contributed by atoms with van der Waals surface area (Å²) in [7, 11) is 0. The van der Waals surface area contributed by atoms with E-state index in [0.29, 0.717) is 54.0 Å². The Morgan fingerprint density at radius 1 is 1.08 bits per heavy atom. The number of amides is 1. The van der Waals surface area contributed by atoms with Crippen LogP contribution >= 0.6 is 0 Å². The molecule has 0 unspecified atom stereocenters. The molecule has 0 spiro atoms. The summed E-state index contributed by atoms with van der Waals surface area (Å²) in [6.45, 7) is 3.67. The number of carbonyl (C=O) groups is 1. The molecule has 0 radical (unpaired) electrons. The van der Waals surface area contributed by atoms with Crippen LogP contribution in [0.4, 0.5) is 0 Å². The first-order chi connectivity index (χ1) is 18.7. The molecule has 1 aliphatic rings. The number of likely N-dealkylation sites (tertiary alicyclic amines) is 1. The second-order valence-corrected chi connectivity index (χ2v) is 10.2. The smallest absolute Gasteiger partial charge is 0.329 e. The molecule has 2 N–H and O–H groups in total. The number of aromatic nitrogens is 7. The Kier molecular flexibility index (Phi) is 5.83. The molecular weight excluding hydrogens is 500 g/mol. The lowest BCUT2D eigenvalue weighted by atomic mass is 10.0. The topological polar surface area (TPSA) is 152 Å². The summed E-state index contributed by atoms with van der Waals surface area (Å²) in [5.41, 5.74) is 0.201. The first-order valence-corrected chi connectivity index (χ1v) is 12.6. The number of nitrogens with zero attached hydrogens (tertiary/aromatic N) is 7. The Morgan fingerprint density at radius 2 is 1.87 bits per heavy atom. The van der Waals surface area contributed by atoms with Crippen LogP contribution in [0.1, 0.15) is 32.7 Å². The van der Waals surface area contributed by atoms with Gasteiger partial charge in [0.05, 0.1) is 22.1 Å². The number of pyridine rings is 3. The first-order valence-electron chi connectivity index (χ1n) is 12.6. The van der Waals surface area contributed by atoms with Crippen molar-refractivity contribution in [1.82, 2.24) is 39.2 Å². The largest absolute Gasteiger partial charge is 0.381 e. The van der Waals surface area contributed by atoms with E-state index in [-0.39, 0.29) is 17.3 Å². The number of rotatable bonds is 4. The van der Waals surface area contributed by atoms with E-state index in [1.807, 2.05) is 24.3 Å². The zero-order chi connectivity index (χ0) is 27.3. The summed E-state index contributed by atoms with van der Waals surface area (Å²) < 4.78 is 3.23. The number of aromatic amines is 1. The fourth-order valence-electron chi connectivity index (χ4n) is 5.09. The van der Waals surface area contributed by atoms with Crippen LogP contribution in [0, 0.1) is 0 Å². The third-order valence-corrected chi connectivity index (χ3v) is 7.03. The van der Waals surface area contributed by atoms with Gasteiger partial charge in [-0.05, 0) is 57.0 Å². The fourth-order valence-corrected chi connectivity index (χ4v) is 5.09. The lowest BCUT2D eigenvalue weighted by molar-refractivity contribution is -0.149. The number of hydrogen-bond acceptors (Lipinski definition) is 8. The molecule has 198 valence electrons. The zero-order valence-electron chi connectivity index (χ0n) is 21.4. The van der Waals surface area contributed by atoms with Gasteiger partial charge in [-0.1, -0.05) is 0 Å². The second-order valence-electron chi connectivity index (χ2n) is 10.2. The SMILES string of the molecule is CC(C)(O)C(=O)N1CCC(n2c(=O)[nH]c(=O)c3cnc4ccc(-c5ccc(-n6cccn6)nc5)nc4c32)CC1. The van der Waals surface area contributed by atoms with Crippen LogP contribution in [0.5, 0.6) is 0 Å². The van der Waals surface area contributed by atoms with Crippen LogP contribution in [0.2, 0.25) is 0 Å². The number of carbonyl (C=O) groups excluding carboxylic acids is 1. The van der Waals surface area contributed by atoms with Crippen LogP contribution in [-0.2, 0) is 4.79 Å². The van der Waals surface area contributed by atoms with E-state index in [1.165, 1.54) is 20.0 Å². The van der Waals surface area contributed by atoms with E-state index in [4.69, 9.17) is 4.98 Å². The lowest BCUT2D eigenvalue weighted by Gasteiger charge is -2.36. The third kappa shape index (κ3) is 4.38. The Labute approximate surface area is 221 Å². The van der Waals surface area contributed by atoms with Gasteiger partial charge in [0, 0.05) is 49.5 Å². The number of nitrogens with one attached hydrogen (secondary N) is 1. The molecule has 0 aromatic carbocycles. The van der Waals surface area contributed by atoms with Crippen LogP contribution in [-0.4, -0.2) is 68.9 Å². The van der Waals surface area contributed by atoms with Gasteiger partial charge in [0.25, 0.3) is 11.5 Å². The Bertz CT molecular complexity index is 1810. The second kappa shape index (κ2) is 9.24. The van der Waals surface area contributed by atoms with E-state index < -0.39 is 16.9 Å². The van der Waals surface area contributed by atoms with Gasteiger partial charge < -0.3 is 10.0 Å². The number of fused-ring (bicyclic) bond motifs is 3. The van der Waals surface area contributed by atoms with Gasteiger partial charge in [-0.3, -0.25) is 24.1 Å². The molecular formula is C27H26N8O4. The predicted molar refractivity (Wildman–Crippen MR) is 143 cm³/mol. The zero-order valence-corrected chi connectivity index (χ0v) is 21.4. The number of H-pyrrole nitrogens is 1. The van der Waals surface area contributed by atoms with Crippen molar-refractivity contribution < 1.29 is 9.90 Å². The molecule has 1 amide bonds.